The van der Waals surface area contributed by atoms with Gasteiger partial charge < -0.3 is 10.0 Å². The Hall–Kier alpha value is -0.130. The molecule has 136 valence electrons. The minimum absolute atomic E-state index is 0.438. The van der Waals surface area contributed by atoms with E-state index in [-0.39, 0.29) is 0 Å². The maximum Gasteiger partial charge on any atom is 0.0936 e. The molecule has 0 radical (unpaired) electrons. The third kappa shape index (κ3) is 5.43. The molecule has 3 rings (SSSR count). The van der Waals surface area contributed by atoms with Crippen molar-refractivity contribution < 1.29 is 5.11 Å². The van der Waals surface area contributed by atoms with Gasteiger partial charge in [-0.2, -0.15) is 0 Å². The molecule has 1 aromatic rings. The molecule has 0 spiro atoms. The number of piperidine rings is 1. The highest BCUT2D eigenvalue weighted by Gasteiger charge is 2.38. The van der Waals surface area contributed by atoms with Crippen LogP contribution < -0.4 is 0 Å². The van der Waals surface area contributed by atoms with Crippen LogP contribution in [0.15, 0.2) is 30.3 Å². The average molecular weight is 443 g/mol. The zero-order valence-electron chi connectivity index (χ0n) is 15.2. The third-order valence-electron chi connectivity index (χ3n) is 5.81. The molecule has 1 unspecified atom stereocenters. The van der Waals surface area contributed by atoms with Crippen molar-refractivity contribution in [3.8, 4) is 0 Å². The van der Waals surface area contributed by atoms with Gasteiger partial charge in [0.05, 0.1) is 5.60 Å². The molecule has 1 saturated carbocycles. The summed E-state index contributed by atoms with van der Waals surface area (Å²) in [6.07, 6.45) is 11.2. The molecule has 2 aliphatic rings. The first-order valence-electron chi connectivity index (χ1n) is 9.67. The quantitative estimate of drug-likeness (QED) is 0.488. The monoisotopic (exact) mass is 443 g/mol. The van der Waals surface area contributed by atoms with Crippen LogP contribution >= 0.6 is 22.6 Å². The van der Waals surface area contributed by atoms with Crippen molar-refractivity contribution >= 4 is 22.6 Å². The summed E-state index contributed by atoms with van der Waals surface area (Å²) in [6.45, 7) is 3.48. The highest BCUT2D eigenvalue weighted by atomic mass is 127. The smallest absolute Gasteiger partial charge is 0.0936 e. The summed E-state index contributed by atoms with van der Waals surface area (Å²) < 4.78 is 0. The molecule has 2 fully saturated rings. The van der Waals surface area contributed by atoms with Crippen molar-refractivity contribution in [2.75, 3.05) is 24.6 Å². The lowest BCUT2D eigenvalue weighted by molar-refractivity contribution is -0.0528. The fourth-order valence-corrected chi connectivity index (χ4v) is 4.40. The Balaban J connectivity index is 0.00000100. The van der Waals surface area contributed by atoms with Crippen LogP contribution in [0.4, 0.5) is 0 Å². The molecule has 1 heterocycles. The predicted molar refractivity (Wildman–Crippen MR) is 112 cm³/mol. The van der Waals surface area contributed by atoms with E-state index in [0.717, 1.165) is 18.5 Å². The third-order valence-corrected chi connectivity index (χ3v) is 5.81. The number of alkyl halides is 1. The number of halogens is 1. The standard InChI is InChI=1S/C20H31NO.CH3I/c22-20(18-10-4-1-5-11-18,19-12-6-2-7-13-19)14-17-21-15-8-3-9-16-21;1-2/h1,4-5,10-11,19,22H,2-3,6-9,12-17H2;1H3. The van der Waals surface area contributed by atoms with Crippen molar-refractivity contribution in [1.29, 1.82) is 0 Å². The van der Waals surface area contributed by atoms with E-state index in [9.17, 15) is 5.11 Å². The maximum atomic E-state index is 11.6. The van der Waals surface area contributed by atoms with Crippen molar-refractivity contribution in [2.45, 2.75) is 63.4 Å². The molecule has 1 aliphatic carbocycles. The number of benzene rings is 1. The van der Waals surface area contributed by atoms with Crippen LogP contribution in [0.3, 0.4) is 0 Å². The van der Waals surface area contributed by atoms with Crippen molar-refractivity contribution in [3.05, 3.63) is 35.9 Å². The molecule has 1 aromatic carbocycles. The number of aliphatic hydroxyl groups is 1. The van der Waals surface area contributed by atoms with Gasteiger partial charge in [0.1, 0.15) is 0 Å². The zero-order valence-corrected chi connectivity index (χ0v) is 17.4. The predicted octanol–water partition coefficient (Wildman–Crippen LogP) is 5.38. The van der Waals surface area contributed by atoms with Gasteiger partial charge in [-0.05, 0) is 61.6 Å². The molecule has 24 heavy (non-hydrogen) atoms. The van der Waals surface area contributed by atoms with Crippen LogP contribution in [0.25, 0.3) is 0 Å². The van der Waals surface area contributed by atoms with Crippen LogP contribution in [-0.2, 0) is 5.60 Å². The molecular formula is C21H34INO. The van der Waals surface area contributed by atoms with Gasteiger partial charge in [0.2, 0.25) is 0 Å². The largest absolute Gasteiger partial charge is 0.385 e. The topological polar surface area (TPSA) is 23.5 Å². The van der Waals surface area contributed by atoms with E-state index < -0.39 is 5.60 Å². The molecular weight excluding hydrogens is 409 g/mol. The van der Waals surface area contributed by atoms with Gasteiger partial charge in [0.15, 0.2) is 0 Å². The minimum Gasteiger partial charge on any atom is -0.385 e. The van der Waals surface area contributed by atoms with Crippen LogP contribution in [-0.4, -0.2) is 34.6 Å². The minimum atomic E-state index is -0.626. The lowest BCUT2D eigenvalue weighted by atomic mass is 9.71. The Labute approximate surface area is 162 Å². The summed E-state index contributed by atoms with van der Waals surface area (Å²) in [4.78, 5) is 4.53. The lowest BCUT2D eigenvalue weighted by Crippen LogP contribution is -2.41. The van der Waals surface area contributed by atoms with Gasteiger partial charge in [-0.3, -0.25) is 0 Å². The Bertz CT molecular complexity index is 440. The van der Waals surface area contributed by atoms with Crippen LogP contribution in [0, 0.1) is 5.92 Å². The second kappa shape index (κ2) is 10.8. The van der Waals surface area contributed by atoms with Crippen molar-refractivity contribution in [2.24, 2.45) is 5.92 Å². The molecule has 1 atom stereocenters. The first-order chi connectivity index (χ1) is 11.8. The van der Waals surface area contributed by atoms with E-state index in [1.807, 2.05) is 4.93 Å². The summed E-state index contributed by atoms with van der Waals surface area (Å²) in [6, 6.07) is 10.5. The van der Waals surface area contributed by atoms with Gasteiger partial charge in [-0.25, -0.2) is 0 Å². The van der Waals surface area contributed by atoms with Gasteiger partial charge in [0.25, 0.3) is 0 Å². The highest BCUT2D eigenvalue weighted by molar-refractivity contribution is 14.1. The molecule has 3 heteroatoms. The average Bonchev–Trinajstić information content (AvgIpc) is 2.70. The summed E-state index contributed by atoms with van der Waals surface area (Å²) >= 11 is 2.15. The fraction of sp³-hybridized carbons (Fsp3) is 0.714. The highest BCUT2D eigenvalue weighted by Crippen LogP contribution is 2.41. The molecule has 0 aromatic heterocycles. The molecule has 0 bridgehead atoms. The summed E-state index contributed by atoms with van der Waals surface area (Å²) in [5.74, 6) is 0.438. The number of nitrogens with zero attached hydrogens (tertiary/aromatic N) is 1. The van der Waals surface area contributed by atoms with E-state index in [2.05, 4.69) is 57.8 Å². The lowest BCUT2D eigenvalue weighted by Gasteiger charge is -2.40. The van der Waals surface area contributed by atoms with E-state index in [0.29, 0.717) is 5.92 Å². The zero-order chi connectivity index (χ0) is 17.3. The van der Waals surface area contributed by atoms with Crippen LogP contribution in [0.5, 0.6) is 0 Å². The second-order valence-corrected chi connectivity index (χ2v) is 7.28. The Morgan fingerprint density at radius 3 is 2.17 bits per heavy atom. The Morgan fingerprint density at radius 1 is 0.958 bits per heavy atom. The first kappa shape index (κ1) is 20.2. The first-order valence-corrected chi connectivity index (χ1v) is 11.8. The summed E-state index contributed by atoms with van der Waals surface area (Å²) in [5, 5.41) is 11.6. The molecule has 1 saturated heterocycles. The molecule has 0 amide bonds. The van der Waals surface area contributed by atoms with Crippen molar-refractivity contribution in [1.82, 2.24) is 4.90 Å². The van der Waals surface area contributed by atoms with E-state index in [4.69, 9.17) is 0 Å². The number of hydrogen-bond acceptors (Lipinski definition) is 2. The van der Waals surface area contributed by atoms with Gasteiger partial charge in [-0.15, -0.1) is 0 Å². The molecule has 2 nitrogen and oxygen atoms in total. The van der Waals surface area contributed by atoms with Crippen molar-refractivity contribution in [3.63, 3.8) is 0 Å². The maximum absolute atomic E-state index is 11.6. The SMILES string of the molecule is CI.OC(CCN1CCCCC1)(c1ccccc1)C1CCCCC1. The normalized spacial score (nSPS) is 22.3. The number of likely N-dealkylation sites (tertiary alicyclic amines) is 1. The second-order valence-electron chi connectivity index (χ2n) is 7.28. The molecule has 1 aliphatic heterocycles. The van der Waals surface area contributed by atoms with Gasteiger partial charge in [0, 0.05) is 6.54 Å². The van der Waals surface area contributed by atoms with Crippen LogP contribution in [0.2, 0.25) is 0 Å². The fourth-order valence-electron chi connectivity index (χ4n) is 4.40. The van der Waals surface area contributed by atoms with E-state index >= 15 is 0 Å². The van der Waals surface area contributed by atoms with E-state index in [1.54, 1.807) is 0 Å². The van der Waals surface area contributed by atoms with Crippen LogP contribution in [0.1, 0.15) is 63.4 Å². The van der Waals surface area contributed by atoms with E-state index in [1.165, 1.54) is 64.5 Å². The Morgan fingerprint density at radius 2 is 1.54 bits per heavy atom. The number of rotatable bonds is 5. The summed E-state index contributed by atoms with van der Waals surface area (Å²) in [5.41, 5.74) is 0.512. The van der Waals surface area contributed by atoms with Gasteiger partial charge in [-0.1, -0.05) is 78.6 Å². The summed E-state index contributed by atoms with van der Waals surface area (Å²) in [7, 11) is 0. The van der Waals surface area contributed by atoms with Gasteiger partial charge >= 0.3 is 0 Å². The Kier molecular flexibility index (Phi) is 9.06. The number of hydrogen-bond donors (Lipinski definition) is 1. The molecule has 1 N–H and O–H groups in total.